The van der Waals surface area contributed by atoms with Crippen molar-refractivity contribution in [2.24, 2.45) is 0 Å². The molecule has 0 aromatic carbocycles. The molecular weight excluding hydrogens is 242 g/mol. The predicted octanol–water partition coefficient (Wildman–Crippen LogP) is 1.13. The third kappa shape index (κ3) is 3.76. The van der Waals surface area contributed by atoms with Gasteiger partial charge in [0.25, 0.3) is 0 Å². The highest BCUT2D eigenvalue weighted by atomic mass is 16.5. The van der Waals surface area contributed by atoms with E-state index in [0.717, 1.165) is 30.9 Å². The maximum atomic E-state index is 8.57. The normalized spacial score (nSPS) is 11.3. The molecule has 0 aliphatic heterocycles. The van der Waals surface area contributed by atoms with Gasteiger partial charge in [-0.25, -0.2) is 4.98 Å². The molecule has 0 aliphatic carbocycles. The van der Waals surface area contributed by atoms with Crippen LogP contribution in [0.5, 0.6) is 0 Å². The number of imidazole rings is 1. The monoisotopic (exact) mass is 263 g/mol. The molecule has 0 radical (unpaired) electrons. The van der Waals surface area contributed by atoms with E-state index in [1.165, 1.54) is 5.56 Å². The van der Waals surface area contributed by atoms with Gasteiger partial charge in [0.2, 0.25) is 0 Å². The van der Waals surface area contributed by atoms with Crippen molar-refractivity contribution in [3.8, 4) is 0 Å². The molecule has 2 aromatic heterocycles. The van der Waals surface area contributed by atoms with Gasteiger partial charge in [-0.1, -0.05) is 6.07 Å². The fourth-order valence-corrected chi connectivity index (χ4v) is 2.02. The standard InChI is InChI=1S/C14H21N3O2/c1-12-4-2-6-17-13(11-16-14(12)17)10-15-5-3-8-19-9-7-18/h2,4,6,11,15,18H,3,5,7-10H2,1H3. The molecule has 0 amide bonds. The predicted molar refractivity (Wildman–Crippen MR) is 74.2 cm³/mol. The number of nitrogens with one attached hydrogen (secondary N) is 1. The van der Waals surface area contributed by atoms with Gasteiger partial charge >= 0.3 is 0 Å². The first-order valence-electron chi connectivity index (χ1n) is 6.64. The molecule has 104 valence electrons. The highest BCUT2D eigenvalue weighted by molar-refractivity contribution is 5.48. The number of hydrogen-bond donors (Lipinski definition) is 2. The Kier molecular flexibility index (Phi) is 5.32. The van der Waals surface area contributed by atoms with E-state index in [-0.39, 0.29) is 6.61 Å². The van der Waals surface area contributed by atoms with Crippen molar-refractivity contribution in [1.29, 1.82) is 0 Å². The molecule has 2 heterocycles. The second kappa shape index (κ2) is 7.23. The topological polar surface area (TPSA) is 58.8 Å². The number of nitrogens with zero attached hydrogens (tertiary/aromatic N) is 2. The quantitative estimate of drug-likeness (QED) is 0.701. The maximum absolute atomic E-state index is 8.57. The molecule has 5 heteroatoms. The molecule has 0 saturated heterocycles. The maximum Gasteiger partial charge on any atom is 0.139 e. The van der Waals surface area contributed by atoms with Gasteiger partial charge < -0.3 is 19.6 Å². The summed E-state index contributed by atoms with van der Waals surface area (Å²) in [5.74, 6) is 0. The number of hydrogen-bond acceptors (Lipinski definition) is 4. The Balaban J connectivity index is 1.77. The Morgan fingerprint density at radius 1 is 1.42 bits per heavy atom. The van der Waals surface area contributed by atoms with Crippen molar-refractivity contribution in [2.75, 3.05) is 26.4 Å². The SMILES string of the molecule is Cc1cccn2c(CNCCCOCCO)cnc12. The van der Waals surface area contributed by atoms with Crippen molar-refractivity contribution in [3.63, 3.8) is 0 Å². The lowest BCUT2D eigenvalue weighted by atomic mass is 10.3. The van der Waals surface area contributed by atoms with E-state index in [9.17, 15) is 0 Å². The lowest BCUT2D eigenvalue weighted by Crippen LogP contribution is -2.17. The van der Waals surface area contributed by atoms with Crippen molar-refractivity contribution >= 4 is 5.65 Å². The Morgan fingerprint density at radius 2 is 2.32 bits per heavy atom. The minimum absolute atomic E-state index is 0.0919. The van der Waals surface area contributed by atoms with Crippen LogP contribution >= 0.6 is 0 Å². The number of pyridine rings is 1. The zero-order valence-corrected chi connectivity index (χ0v) is 11.3. The van der Waals surface area contributed by atoms with Gasteiger partial charge in [0.15, 0.2) is 0 Å². The van der Waals surface area contributed by atoms with Crippen molar-refractivity contribution < 1.29 is 9.84 Å². The van der Waals surface area contributed by atoms with E-state index in [1.807, 2.05) is 18.5 Å². The van der Waals surface area contributed by atoms with Gasteiger partial charge in [0, 0.05) is 19.3 Å². The number of rotatable bonds is 8. The third-order valence-corrected chi connectivity index (χ3v) is 2.99. The van der Waals surface area contributed by atoms with E-state index in [2.05, 4.69) is 27.7 Å². The summed E-state index contributed by atoms with van der Waals surface area (Å²) < 4.78 is 7.31. The largest absolute Gasteiger partial charge is 0.394 e. The zero-order chi connectivity index (χ0) is 13.5. The van der Waals surface area contributed by atoms with Crippen LogP contribution in [0.3, 0.4) is 0 Å². The molecule has 0 aliphatic rings. The molecule has 2 N–H and O–H groups in total. The van der Waals surface area contributed by atoms with Crippen LogP contribution in [0.1, 0.15) is 17.7 Å². The van der Waals surface area contributed by atoms with Crippen LogP contribution in [0.2, 0.25) is 0 Å². The fourth-order valence-electron chi connectivity index (χ4n) is 2.02. The van der Waals surface area contributed by atoms with Crippen LogP contribution < -0.4 is 5.32 Å². The first kappa shape index (κ1) is 14.0. The summed E-state index contributed by atoms with van der Waals surface area (Å²) in [5.41, 5.74) is 3.37. The molecule has 2 aromatic rings. The second-order valence-electron chi connectivity index (χ2n) is 4.50. The van der Waals surface area contributed by atoms with E-state index in [1.54, 1.807) is 0 Å². The van der Waals surface area contributed by atoms with Crippen LogP contribution in [0.4, 0.5) is 0 Å². The minimum Gasteiger partial charge on any atom is -0.394 e. The van der Waals surface area contributed by atoms with Crippen molar-refractivity contribution in [1.82, 2.24) is 14.7 Å². The van der Waals surface area contributed by atoms with E-state index in [4.69, 9.17) is 9.84 Å². The van der Waals surface area contributed by atoms with Crippen molar-refractivity contribution in [3.05, 3.63) is 35.8 Å². The molecule has 0 atom stereocenters. The first-order chi connectivity index (χ1) is 9.33. The Morgan fingerprint density at radius 3 is 3.16 bits per heavy atom. The van der Waals surface area contributed by atoms with Gasteiger partial charge in [0.05, 0.1) is 25.1 Å². The summed E-state index contributed by atoms with van der Waals surface area (Å²) in [5, 5.41) is 11.9. The number of aryl methyl sites for hydroxylation is 1. The van der Waals surface area contributed by atoms with Gasteiger partial charge in [-0.2, -0.15) is 0 Å². The summed E-state index contributed by atoms with van der Waals surface area (Å²) in [4.78, 5) is 4.43. The number of fused-ring (bicyclic) bond motifs is 1. The van der Waals surface area contributed by atoms with E-state index in [0.29, 0.717) is 13.2 Å². The molecule has 0 bridgehead atoms. The Bertz CT molecular complexity index is 510. The molecule has 0 unspecified atom stereocenters. The summed E-state index contributed by atoms with van der Waals surface area (Å²) in [6, 6.07) is 4.11. The minimum atomic E-state index is 0.0919. The molecule has 0 fully saturated rings. The lowest BCUT2D eigenvalue weighted by Gasteiger charge is -2.06. The molecule has 2 rings (SSSR count). The van der Waals surface area contributed by atoms with Crippen LogP contribution in [-0.2, 0) is 11.3 Å². The highest BCUT2D eigenvalue weighted by Crippen LogP contribution is 2.10. The van der Waals surface area contributed by atoms with Gasteiger partial charge in [-0.3, -0.25) is 0 Å². The number of aliphatic hydroxyl groups is 1. The molecular formula is C14H21N3O2. The number of ether oxygens (including phenoxy) is 1. The molecule has 0 saturated carbocycles. The average Bonchev–Trinajstić information content (AvgIpc) is 2.83. The average molecular weight is 263 g/mol. The summed E-state index contributed by atoms with van der Waals surface area (Å²) in [6.45, 7) is 4.95. The third-order valence-electron chi connectivity index (χ3n) is 2.99. The van der Waals surface area contributed by atoms with Crippen molar-refractivity contribution in [2.45, 2.75) is 19.9 Å². The van der Waals surface area contributed by atoms with Gasteiger partial charge in [0.1, 0.15) is 5.65 Å². The number of aromatic nitrogens is 2. The second-order valence-corrected chi connectivity index (χ2v) is 4.50. The smallest absolute Gasteiger partial charge is 0.139 e. The zero-order valence-electron chi connectivity index (χ0n) is 11.3. The summed E-state index contributed by atoms with van der Waals surface area (Å²) in [7, 11) is 0. The molecule has 0 spiro atoms. The van der Waals surface area contributed by atoms with Crippen LogP contribution in [0, 0.1) is 6.92 Å². The van der Waals surface area contributed by atoms with Crippen LogP contribution in [0.15, 0.2) is 24.5 Å². The Labute approximate surface area is 113 Å². The van der Waals surface area contributed by atoms with E-state index >= 15 is 0 Å². The Hall–Kier alpha value is -1.43. The fraction of sp³-hybridized carbons (Fsp3) is 0.500. The van der Waals surface area contributed by atoms with Crippen LogP contribution in [0.25, 0.3) is 5.65 Å². The van der Waals surface area contributed by atoms with Gasteiger partial charge in [-0.15, -0.1) is 0 Å². The summed E-state index contributed by atoms with van der Waals surface area (Å²) in [6.07, 6.45) is 4.89. The number of aliphatic hydroxyl groups excluding tert-OH is 1. The summed E-state index contributed by atoms with van der Waals surface area (Å²) >= 11 is 0. The first-order valence-corrected chi connectivity index (χ1v) is 6.64. The van der Waals surface area contributed by atoms with E-state index < -0.39 is 0 Å². The highest BCUT2D eigenvalue weighted by Gasteiger charge is 2.03. The van der Waals surface area contributed by atoms with Crippen LogP contribution in [-0.4, -0.2) is 40.9 Å². The molecule has 5 nitrogen and oxygen atoms in total. The van der Waals surface area contributed by atoms with Gasteiger partial charge in [-0.05, 0) is 31.5 Å². The molecule has 19 heavy (non-hydrogen) atoms. The lowest BCUT2D eigenvalue weighted by molar-refractivity contribution is 0.0907.